The molecule has 3 rings (SSSR count). The number of aromatic nitrogens is 3. The molecule has 0 aliphatic rings. The molecule has 1 N–H and O–H groups in total. The highest BCUT2D eigenvalue weighted by molar-refractivity contribution is 8.00. The van der Waals surface area contributed by atoms with Gasteiger partial charge in [0, 0.05) is 16.1 Å². The van der Waals surface area contributed by atoms with Crippen molar-refractivity contribution < 1.29 is 4.79 Å². The molecule has 116 valence electrons. The van der Waals surface area contributed by atoms with Crippen molar-refractivity contribution in [2.75, 3.05) is 0 Å². The number of aromatic amines is 1. The molecular formula is C17H14ClN3OS. The lowest BCUT2D eigenvalue weighted by molar-refractivity contribution is 0.0994. The van der Waals surface area contributed by atoms with Gasteiger partial charge >= 0.3 is 0 Å². The first kappa shape index (κ1) is 15.8. The van der Waals surface area contributed by atoms with E-state index < -0.39 is 0 Å². The minimum Gasteiger partial charge on any atom is -0.293 e. The summed E-state index contributed by atoms with van der Waals surface area (Å²) in [6.07, 6.45) is 0. The SMILES string of the molecule is CC(Sc1n[nH]c(-c2ccc(Cl)cc2)n1)C(=O)c1ccccc1. The molecule has 23 heavy (non-hydrogen) atoms. The number of Topliss-reactive ketones (excluding diaryl/α,β-unsaturated/α-hetero) is 1. The predicted octanol–water partition coefficient (Wildman–Crippen LogP) is 4.49. The molecule has 0 fully saturated rings. The summed E-state index contributed by atoms with van der Waals surface area (Å²) in [5.41, 5.74) is 1.59. The van der Waals surface area contributed by atoms with Crippen LogP contribution in [0.15, 0.2) is 59.8 Å². The van der Waals surface area contributed by atoms with Gasteiger partial charge in [-0.3, -0.25) is 9.89 Å². The molecule has 0 amide bonds. The number of hydrogen-bond donors (Lipinski definition) is 1. The largest absolute Gasteiger partial charge is 0.293 e. The Morgan fingerprint density at radius 3 is 2.52 bits per heavy atom. The normalized spacial score (nSPS) is 12.1. The fourth-order valence-corrected chi connectivity index (χ4v) is 3.01. The Balaban J connectivity index is 1.71. The number of carbonyl (C=O) groups excluding carboxylic acids is 1. The highest BCUT2D eigenvalue weighted by atomic mass is 35.5. The first-order valence-electron chi connectivity index (χ1n) is 7.08. The molecule has 0 aliphatic heterocycles. The fourth-order valence-electron chi connectivity index (χ4n) is 2.08. The average Bonchev–Trinajstić information content (AvgIpc) is 3.04. The van der Waals surface area contributed by atoms with Crippen molar-refractivity contribution in [1.29, 1.82) is 0 Å². The molecule has 0 saturated carbocycles. The van der Waals surface area contributed by atoms with E-state index in [-0.39, 0.29) is 11.0 Å². The third kappa shape index (κ3) is 3.81. The maximum absolute atomic E-state index is 12.4. The van der Waals surface area contributed by atoms with Gasteiger partial charge in [-0.25, -0.2) is 4.98 Å². The standard InChI is InChI=1S/C17H14ClN3OS/c1-11(15(22)12-5-3-2-4-6-12)23-17-19-16(20-21-17)13-7-9-14(18)10-8-13/h2-11H,1H3,(H,19,20,21). The van der Waals surface area contributed by atoms with Crippen LogP contribution < -0.4 is 0 Å². The number of nitrogens with zero attached hydrogens (tertiary/aromatic N) is 2. The maximum Gasteiger partial charge on any atom is 0.209 e. The third-order valence-electron chi connectivity index (χ3n) is 3.29. The van der Waals surface area contributed by atoms with E-state index in [1.807, 2.05) is 49.4 Å². The number of benzene rings is 2. The van der Waals surface area contributed by atoms with E-state index in [2.05, 4.69) is 15.2 Å². The van der Waals surface area contributed by atoms with Crippen molar-refractivity contribution in [2.24, 2.45) is 0 Å². The van der Waals surface area contributed by atoms with Gasteiger partial charge in [-0.15, -0.1) is 5.10 Å². The average molecular weight is 344 g/mol. The van der Waals surface area contributed by atoms with Crippen molar-refractivity contribution in [3.63, 3.8) is 0 Å². The van der Waals surface area contributed by atoms with E-state index in [9.17, 15) is 4.79 Å². The molecule has 3 aromatic rings. The Morgan fingerprint density at radius 2 is 1.83 bits per heavy atom. The van der Waals surface area contributed by atoms with Crippen molar-refractivity contribution in [3.05, 3.63) is 65.2 Å². The molecule has 1 heterocycles. The Kier molecular flexibility index (Phi) is 4.79. The zero-order chi connectivity index (χ0) is 16.2. The summed E-state index contributed by atoms with van der Waals surface area (Å²) in [7, 11) is 0. The number of halogens is 1. The van der Waals surface area contributed by atoms with Crippen LogP contribution in [0.3, 0.4) is 0 Å². The molecule has 2 aromatic carbocycles. The van der Waals surface area contributed by atoms with Gasteiger partial charge in [0.1, 0.15) is 0 Å². The van der Waals surface area contributed by atoms with E-state index in [4.69, 9.17) is 11.6 Å². The number of thioether (sulfide) groups is 1. The quantitative estimate of drug-likeness (QED) is 0.547. The van der Waals surface area contributed by atoms with Crippen molar-refractivity contribution in [2.45, 2.75) is 17.3 Å². The van der Waals surface area contributed by atoms with Gasteiger partial charge in [0.05, 0.1) is 5.25 Å². The van der Waals surface area contributed by atoms with E-state index in [1.54, 1.807) is 12.1 Å². The highest BCUT2D eigenvalue weighted by Gasteiger charge is 2.18. The van der Waals surface area contributed by atoms with Crippen LogP contribution >= 0.6 is 23.4 Å². The summed E-state index contributed by atoms with van der Waals surface area (Å²) in [5, 5.41) is 8.02. The van der Waals surface area contributed by atoms with Crippen LogP contribution in [-0.4, -0.2) is 26.2 Å². The predicted molar refractivity (Wildman–Crippen MR) is 92.9 cm³/mol. The van der Waals surface area contributed by atoms with Crippen molar-refractivity contribution >= 4 is 29.1 Å². The van der Waals surface area contributed by atoms with Gasteiger partial charge in [0.25, 0.3) is 0 Å². The van der Waals surface area contributed by atoms with E-state index in [0.717, 1.165) is 5.56 Å². The fraction of sp³-hybridized carbons (Fsp3) is 0.118. The van der Waals surface area contributed by atoms with Crippen LogP contribution in [0.4, 0.5) is 0 Å². The number of H-pyrrole nitrogens is 1. The minimum atomic E-state index is -0.258. The second kappa shape index (κ2) is 6.98. The molecule has 1 unspecified atom stereocenters. The van der Waals surface area contributed by atoms with Crippen LogP contribution in [-0.2, 0) is 0 Å². The smallest absolute Gasteiger partial charge is 0.209 e. The maximum atomic E-state index is 12.4. The molecule has 0 radical (unpaired) electrons. The lowest BCUT2D eigenvalue weighted by Crippen LogP contribution is -2.13. The summed E-state index contributed by atoms with van der Waals surface area (Å²) in [6, 6.07) is 16.6. The topological polar surface area (TPSA) is 58.6 Å². The Morgan fingerprint density at radius 1 is 1.13 bits per heavy atom. The lowest BCUT2D eigenvalue weighted by Gasteiger charge is -2.07. The Bertz CT molecular complexity index is 802. The zero-order valence-corrected chi connectivity index (χ0v) is 13.9. The third-order valence-corrected chi connectivity index (χ3v) is 4.51. The van der Waals surface area contributed by atoms with Gasteiger partial charge in [0.15, 0.2) is 11.6 Å². The number of hydrogen-bond acceptors (Lipinski definition) is 4. The summed E-state index contributed by atoms with van der Waals surface area (Å²) < 4.78 is 0. The number of ketones is 1. The van der Waals surface area contributed by atoms with E-state index in [1.165, 1.54) is 11.8 Å². The van der Waals surface area contributed by atoms with E-state index >= 15 is 0 Å². The van der Waals surface area contributed by atoms with Gasteiger partial charge in [-0.05, 0) is 31.2 Å². The second-order valence-corrected chi connectivity index (χ2v) is 6.71. The molecule has 1 aromatic heterocycles. The molecule has 0 bridgehead atoms. The van der Waals surface area contributed by atoms with Crippen LogP contribution in [0.2, 0.25) is 5.02 Å². The molecule has 6 heteroatoms. The van der Waals surface area contributed by atoms with Crippen LogP contribution in [0.1, 0.15) is 17.3 Å². The highest BCUT2D eigenvalue weighted by Crippen LogP contribution is 2.25. The number of nitrogens with one attached hydrogen (secondary N) is 1. The summed E-state index contributed by atoms with van der Waals surface area (Å²) in [4.78, 5) is 16.8. The molecule has 0 spiro atoms. The van der Waals surface area contributed by atoms with Gasteiger partial charge < -0.3 is 0 Å². The second-order valence-electron chi connectivity index (χ2n) is 4.96. The van der Waals surface area contributed by atoms with Gasteiger partial charge in [-0.1, -0.05) is 53.7 Å². The number of carbonyl (C=O) groups is 1. The van der Waals surface area contributed by atoms with Gasteiger partial charge in [-0.2, -0.15) is 0 Å². The summed E-state index contributed by atoms with van der Waals surface area (Å²) in [5.74, 6) is 0.719. The van der Waals surface area contributed by atoms with Crippen molar-refractivity contribution in [3.8, 4) is 11.4 Å². The lowest BCUT2D eigenvalue weighted by atomic mass is 10.1. The molecule has 0 aliphatic carbocycles. The summed E-state index contributed by atoms with van der Waals surface area (Å²) >= 11 is 7.21. The first-order valence-corrected chi connectivity index (χ1v) is 8.33. The zero-order valence-electron chi connectivity index (χ0n) is 12.4. The van der Waals surface area contributed by atoms with Crippen LogP contribution in [0.5, 0.6) is 0 Å². The Labute approximate surface area is 143 Å². The molecule has 1 atom stereocenters. The Hall–Kier alpha value is -2.11. The van der Waals surface area contributed by atoms with Crippen LogP contribution in [0, 0.1) is 0 Å². The van der Waals surface area contributed by atoms with Gasteiger partial charge in [0.2, 0.25) is 5.16 Å². The van der Waals surface area contributed by atoms with Crippen molar-refractivity contribution in [1.82, 2.24) is 15.2 Å². The number of rotatable bonds is 5. The molecule has 4 nitrogen and oxygen atoms in total. The molecular weight excluding hydrogens is 330 g/mol. The first-order chi connectivity index (χ1) is 11.1. The monoisotopic (exact) mass is 343 g/mol. The van der Waals surface area contributed by atoms with Crippen LogP contribution in [0.25, 0.3) is 11.4 Å². The van der Waals surface area contributed by atoms with E-state index in [0.29, 0.717) is 21.6 Å². The molecule has 0 saturated heterocycles. The minimum absolute atomic E-state index is 0.0634. The summed E-state index contributed by atoms with van der Waals surface area (Å²) in [6.45, 7) is 1.86.